The second kappa shape index (κ2) is 5.90. The summed E-state index contributed by atoms with van der Waals surface area (Å²) in [5.74, 6) is -0.516. The van der Waals surface area contributed by atoms with Crippen molar-refractivity contribution in [3.8, 4) is 10.8 Å². The molecule has 0 spiro atoms. The summed E-state index contributed by atoms with van der Waals surface area (Å²) in [6, 6.07) is 7.22. The first kappa shape index (κ1) is 14.6. The van der Waals surface area contributed by atoms with Gasteiger partial charge in [0.15, 0.2) is 16.6 Å². The van der Waals surface area contributed by atoms with Gasteiger partial charge >= 0.3 is 0 Å². The van der Waals surface area contributed by atoms with E-state index in [2.05, 4.69) is 15.6 Å². The maximum Gasteiger partial charge on any atom is 0.280 e. The molecule has 1 aromatic carbocycles. The summed E-state index contributed by atoms with van der Waals surface area (Å²) in [4.78, 5) is 16.4. The molecule has 1 aromatic heterocycles. The van der Waals surface area contributed by atoms with Crippen LogP contribution < -0.4 is 15.4 Å². The molecule has 3 heterocycles. The highest BCUT2D eigenvalue weighted by Crippen LogP contribution is 2.31. The average molecular weight is 333 g/mol. The van der Waals surface area contributed by atoms with E-state index in [1.165, 1.54) is 24.8 Å². The highest BCUT2D eigenvalue weighted by molar-refractivity contribution is 7.15. The SMILES string of the molecule is O=C(NC1CC2CCC1N2)c1ncc(Oc2ccccc2F)s1. The van der Waals surface area contributed by atoms with Crippen LogP contribution in [-0.2, 0) is 0 Å². The van der Waals surface area contributed by atoms with Crippen LogP contribution in [0.1, 0.15) is 29.1 Å². The van der Waals surface area contributed by atoms with E-state index in [-0.39, 0.29) is 17.7 Å². The molecule has 0 saturated carbocycles. The Hall–Kier alpha value is -1.99. The maximum absolute atomic E-state index is 13.6. The lowest BCUT2D eigenvalue weighted by atomic mass is 9.95. The zero-order valence-electron chi connectivity index (χ0n) is 12.3. The first-order valence-corrected chi connectivity index (χ1v) is 8.46. The average Bonchev–Trinajstić information content (AvgIpc) is 3.26. The smallest absolute Gasteiger partial charge is 0.280 e. The lowest BCUT2D eigenvalue weighted by molar-refractivity contribution is 0.0930. The zero-order chi connectivity index (χ0) is 15.8. The molecule has 7 heteroatoms. The van der Waals surface area contributed by atoms with Crippen molar-refractivity contribution in [2.75, 3.05) is 0 Å². The highest BCUT2D eigenvalue weighted by Gasteiger charge is 2.39. The predicted octanol–water partition coefficient (Wildman–Crippen LogP) is 2.70. The summed E-state index contributed by atoms with van der Waals surface area (Å²) in [6.07, 6.45) is 4.72. The van der Waals surface area contributed by atoms with Crippen LogP contribution in [0.15, 0.2) is 30.5 Å². The number of carbonyl (C=O) groups excluding carboxylic acids is 1. The molecule has 2 saturated heterocycles. The molecule has 2 aliphatic heterocycles. The van der Waals surface area contributed by atoms with Crippen LogP contribution in [0.2, 0.25) is 0 Å². The summed E-state index contributed by atoms with van der Waals surface area (Å²) < 4.78 is 19.0. The number of halogens is 1. The van der Waals surface area contributed by atoms with E-state index < -0.39 is 5.82 Å². The van der Waals surface area contributed by atoms with Crippen LogP contribution in [0, 0.1) is 5.82 Å². The molecule has 2 fully saturated rings. The number of hydrogen-bond donors (Lipinski definition) is 2. The lowest BCUT2D eigenvalue weighted by Crippen LogP contribution is -2.42. The molecule has 5 nitrogen and oxygen atoms in total. The summed E-state index contributed by atoms with van der Waals surface area (Å²) in [7, 11) is 0. The van der Waals surface area contributed by atoms with Gasteiger partial charge in [-0.1, -0.05) is 23.5 Å². The van der Waals surface area contributed by atoms with Crippen molar-refractivity contribution >= 4 is 17.2 Å². The second-order valence-electron chi connectivity index (χ2n) is 5.88. The van der Waals surface area contributed by atoms with Crippen molar-refractivity contribution in [3.63, 3.8) is 0 Å². The third-order valence-electron chi connectivity index (χ3n) is 4.34. The van der Waals surface area contributed by atoms with Gasteiger partial charge in [-0.25, -0.2) is 9.37 Å². The summed E-state index contributed by atoms with van der Waals surface area (Å²) in [5.41, 5.74) is 0. The van der Waals surface area contributed by atoms with Gasteiger partial charge in [-0.3, -0.25) is 4.79 Å². The van der Waals surface area contributed by atoms with Gasteiger partial charge in [0, 0.05) is 18.1 Å². The van der Waals surface area contributed by atoms with Gasteiger partial charge in [0.2, 0.25) is 5.06 Å². The molecule has 2 aromatic rings. The largest absolute Gasteiger partial charge is 0.442 e. The number of nitrogens with zero attached hydrogens (tertiary/aromatic N) is 1. The molecular formula is C16H16FN3O2S. The molecule has 23 heavy (non-hydrogen) atoms. The standard InChI is InChI=1S/C16H16FN3O2S/c17-10-3-1-2-4-13(10)22-14-8-18-16(23-14)15(21)20-12-7-9-5-6-11(12)19-9/h1-4,8-9,11-12,19H,5-7H2,(H,20,21). The van der Waals surface area contributed by atoms with Gasteiger partial charge in [-0.2, -0.15) is 0 Å². The number of rotatable bonds is 4. The lowest BCUT2D eigenvalue weighted by Gasteiger charge is -2.20. The van der Waals surface area contributed by atoms with Crippen molar-refractivity contribution in [2.24, 2.45) is 0 Å². The number of nitrogens with one attached hydrogen (secondary N) is 2. The molecule has 3 unspecified atom stereocenters. The zero-order valence-corrected chi connectivity index (χ0v) is 13.1. The molecule has 4 rings (SSSR count). The van der Waals surface area contributed by atoms with Crippen LogP contribution in [0.25, 0.3) is 0 Å². The fourth-order valence-electron chi connectivity index (χ4n) is 3.26. The summed E-state index contributed by atoms with van der Waals surface area (Å²) >= 11 is 1.12. The Balaban J connectivity index is 1.41. The molecule has 2 N–H and O–H groups in total. The maximum atomic E-state index is 13.6. The Kier molecular flexibility index (Phi) is 3.74. The molecule has 0 aliphatic carbocycles. The number of ether oxygens (including phenoxy) is 1. The van der Waals surface area contributed by atoms with Crippen molar-refractivity contribution < 1.29 is 13.9 Å². The minimum absolute atomic E-state index is 0.125. The Morgan fingerprint density at radius 1 is 1.39 bits per heavy atom. The van der Waals surface area contributed by atoms with Crippen LogP contribution in [0.3, 0.4) is 0 Å². The Morgan fingerprint density at radius 3 is 3.00 bits per heavy atom. The monoisotopic (exact) mass is 333 g/mol. The molecule has 2 aliphatic rings. The minimum Gasteiger partial charge on any atom is -0.442 e. The van der Waals surface area contributed by atoms with Gasteiger partial charge in [-0.05, 0) is 31.4 Å². The quantitative estimate of drug-likeness (QED) is 0.903. The van der Waals surface area contributed by atoms with E-state index in [0.717, 1.165) is 24.2 Å². The molecular weight excluding hydrogens is 317 g/mol. The van der Waals surface area contributed by atoms with E-state index in [1.807, 2.05) is 0 Å². The first-order valence-electron chi connectivity index (χ1n) is 7.64. The Morgan fingerprint density at radius 2 is 2.26 bits per heavy atom. The molecule has 1 amide bonds. The number of benzene rings is 1. The first-order chi connectivity index (χ1) is 11.2. The number of thiazole rings is 1. The van der Waals surface area contributed by atoms with E-state index in [1.54, 1.807) is 12.1 Å². The molecule has 2 bridgehead atoms. The van der Waals surface area contributed by atoms with Crippen LogP contribution >= 0.6 is 11.3 Å². The van der Waals surface area contributed by atoms with Crippen LogP contribution in [-0.4, -0.2) is 29.0 Å². The van der Waals surface area contributed by atoms with Crippen molar-refractivity contribution in [1.82, 2.24) is 15.6 Å². The highest BCUT2D eigenvalue weighted by atomic mass is 32.1. The minimum atomic E-state index is -0.444. The topological polar surface area (TPSA) is 63.2 Å². The third-order valence-corrected chi connectivity index (χ3v) is 5.22. The number of amides is 1. The fraction of sp³-hybridized carbons (Fsp3) is 0.375. The Bertz CT molecular complexity index is 736. The van der Waals surface area contributed by atoms with Crippen molar-refractivity contribution in [2.45, 2.75) is 37.4 Å². The van der Waals surface area contributed by atoms with Crippen molar-refractivity contribution in [3.05, 3.63) is 41.3 Å². The number of carbonyl (C=O) groups is 1. The van der Waals surface area contributed by atoms with Crippen LogP contribution in [0.4, 0.5) is 4.39 Å². The number of para-hydroxylation sites is 1. The predicted molar refractivity (Wildman–Crippen MR) is 84.4 cm³/mol. The van der Waals surface area contributed by atoms with Gasteiger partial charge in [0.25, 0.3) is 5.91 Å². The number of hydrogen-bond acceptors (Lipinski definition) is 5. The van der Waals surface area contributed by atoms with Crippen molar-refractivity contribution in [1.29, 1.82) is 0 Å². The van der Waals surface area contributed by atoms with Gasteiger partial charge < -0.3 is 15.4 Å². The third kappa shape index (κ3) is 2.94. The number of fused-ring (bicyclic) bond motifs is 2. The van der Waals surface area contributed by atoms with Gasteiger partial charge in [0.05, 0.1) is 6.20 Å². The van der Waals surface area contributed by atoms with E-state index >= 15 is 0 Å². The number of aromatic nitrogens is 1. The summed E-state index contributed by atoms with van der Waals surface area (Å²) in [5, 5.41) is 7.24. The molecule has 3 atom stereocenters. The van der Waals surface area contributed by atoms with Gasteiger partial charge in [0.1, 0.15) is 0 Å². The fourth-order valence-corrected chi connectivity index (χ4v) is 3.95. The second-order valence-corrected chi connectivity index (χ2v) is 6.87. The molecule has 0 radical (unpaired) electrons. The summed E-state index contributed by atoms with van der Waals surface area (Å²) in [6.45, 7) is 0. The normalized spacial score (nSPS) is 25.5. The van der Waals surface area contributed by atoms with E-state index in [4.69, 9.17) is 4.74 Å². The van der Waals surface area contributed by atoms with E-state index in [9.17, 15) is 9.18 Å². The van der Waals surface area contributed by atoms with E-state index in [0.29, 0.717) is 22.2 Å². The van der Waals surface area contributed by atoms with Gasteiger partial charge in [-0.15, -0.1) is 0 Å². The molecule has 120 valence electrons. The Labute approximate surface area is 136 Å². The van der Waals surface area contributed by atoms with Crippen LogP contribution in [0.5, 0.6) is 10.8 Å².